The second-order valence-corrected chi connectivity index (χ2v) is 2.96. The van der Waals surface area contributed by atoms with E-state index in [9.17, 15) is 0 Å². The molecule has 0 aliphatic heterocycles. The molecule has 1 aromatic carbocycles. The second kappa shape index (κ2) is 4.84. The Labute approximate surface area is 77.6 Å². The average molecular weight is 182 g/mol. The Hall–Kier alpha value is -1.06. The van der Waals surface area contributed by atoms with Crippen LogP contribution in [-0.2, 0) is 0 Å². The molecule has 13 heavy (non-hydrogen) atoms. The summed E-state index contributed by atoms with van der Waals surface area (Å²) in [5.74, 6) is 0.715. The highest BCUT2D eigenvalue weighted by Gasteiger charge is 2.02. The van der Waals surface area contributed by atoms with E-state index in [1.165, 1.54) is 0 Å². The highest BCUT2D eigenvalue weighted by molar-refractivity contribution is 5.27. The van der Waals surface area contributed by atoms with Crippen molar-refractivity contribution in [2.24, 2.45) is 0 Å². The maximum Gasteiger partial charge on any atom is 0.119 e. The maximum atomic E-state index is 9.01. The van der Waals surface area contributed by atoms with Gasteiger partial charge >= 0.3 is 0 Å². The van der Waals surface area contributed by atoms with Gasteiger partial charge in [0.05, 0.1) is 6.61 Å². The van der Waals surface area contributed by atoms with Crippen LogP contribution in [0.15, 0.2) is 24.3 Å². The maximum absolute atomic E-state index is 9.01. The first-order chi connectivity index (χ1) is 6.22. The number of aliphatic hydroxyl groups excluding tert-OH is 2. The molecule has 1 unspecified atom stereocenters. The van der Waals surface area contributed by atoms with Gasteiger partial charge in [0.25, 0.3) is 0 Å². The predicted molar refractivity (Wildman–Crippen MR) is 49.8 cm³/mol. The molecule has 2 N–H and O–H groups in total. The van der Waals surface area contributed by atoms with Crippen LogP contribution in [0.5, 0.6) is 5.75 Å². The van der Waals surface area contributed by atoms with Crippen LogP contribution >= 0.6 is 0 Å². The van der Waals surface area contributed by atoms with Crippen LogP contribution in [0.25, 0.3) is 0 Å². The van der Waals surface area contributed by atoms with Crippen LogP contribution in [0.2, 0.25) is 0 Å². The Morgan fingerprint density at radius 3 is 2.85 bits per heavy atom. The van der Waals surface area contributed by atoms with Gasteiger partial charge in [-0.2, -0.15) is 0 Å². The van der Waals surface area contributed by atoms with Gasteiger partial charge in [-0.15, -0.1) is 0 Å². The number of ether oxygens (including phenoxy) is 1. The van der Waals surface area contributed by atoms with Gasteiger partial charge in [0.15, 0.2) is 0 Å². The normalized spacial score (nSPS) is 12.5. The minimum Gasteiger partial charge on any atom is -0.491 e. The molecule has 0 saturated heterocycles. The van der Waals surface area contributed by atoms with E-state index < -0.39 is 6.10 Å². The number of rotatable bonds is 4. The minimum atomic E-state index is -0.805. The summed E-state index contributed by atoms with van der Waals surface area (Å²) in [5.41, 5.74) is 1.11. The number of aryl methyl sites for hydroxylation is 1. The fourth-order valence-corrected chi connectivity index (χ4v) is 0.950. The fourth-order valence-electron chi connectivity index (χ4n) is 0.950. The number of hydrogen-bond acceptors (Lipinski definition) is 3. The van der Waals surface area contributed by atoms with Gasteiger partial charge in [-0.3, -0.25) is 0 Å². The Balaban J connectivity index is 2.45. The standard InChI is InChI=1S/C10H14O3/c1-8-3-2-4-10(5-8)13-7-9(12)6-11/h2-5,9,11-12H,6-7H2,1H3. The van der Waals surface area contributed by atoms with Crippen molar-refractivity contribution < 1.29 is 14.9 Å². The molecule has 3 nitrogen and oxygen atoms in total. The van der Waals surface area contributed by atoms with E-state index in [1.54, 1.807) is 0 Å². The summed E-state index contributed by atoms with van der Waals surface area (Å²) >= 11 is 0. The topological polar surface area (TPSA) is 49.7 Å². The van der Waals surface area contributed by atoms with Crippen molar-refractivity contribution in [2.75, 3.05) is 13.2 Å². The number of benzene rings is 1. The lowest BCUT2D eigenvalue weighted by Gasteiger charge is -2.09. The van der Waals surface area contributed by atoms with E-state index in [0.717, 1.165) is 5.56 Å². The Morgan fingerprint density at radius 1 is 1.46 bits per heavy atom. The van der Waals surface area contributed by atoms with Gasteiger partial charge < -0.3 is 14.9 Å². The van der Waals surface area contributed by atoms with Gasteiger partial charge in [-0.05, 0) is 24.6 Å². The van der Waals surface area contributed by atoms with Crippen LogP contribution < -0.4 is 4.74 Å². The van der Waals surface area contributed by atoms with Crippen LogP contribution in [0, 0.1) is 6.92 Å². The predicted octanol–water partition coefficient (Wildman–Crippen LogP) is 0.727. The molecule has 0 aliphatic rings. The van der Waals surface area contributed by atoms with Gasteiger partial charge in [0, 0.05) is 0 Å². The molecule has 1 aromatic rings. The monoisotopic (exact) mass is 182 g/mol. The fraction of sp³-hybridized carbons (Fsp3) is 0.400. The molecule has 0 heterocycles. The van der Waals surface area contributed by atoms with Crippen molar-refractivity contribution in [3.63, 3.8) is 0 Å². The molecule has 0 aliphatic carbocycles. The van der Waals surface area contributed by atoms with Crippen molar-refractivity contribution in [1.82, 2.24) is 0 Å². The van der Waals surface area contributed by atoms with E-state index in [1.807, 2.05) is 31.2 Å². The van der Waals surface area contributed by atoms with E-state index in [0.29, 0.717) is 5.75 Å². The van der Waals surface area contributed by atoms with E-state index in [-0.39, 0.29) is 13.2 Å². The van der Waals surface area contributed by atoms with Crippen molar-refractivity contribution in [1.29, 1.82) is 0 Å². The van der Waals surface area contributed by atoms with E-state index >= 15 is 0 Å². The molecule has 3 heteroatoms. The first-order valence-electron chi connectivity index (χ1n) is 4.21. The highest BCUT2D eigenvalue weighted by Crippen LogP contribution is 2.12. The lowest BCUT2D eigenvalue weighted by atomic mass is 10.2. The second-order valence-electron chi connectivity index (χ2n) is 2.96. The number of aliphatic hydroxyl groups is 2. The molecule has 0 fully saturated rings. The van der Waals surface area contributed by atoms with Gasteiger partial charge in [0.1, 0.15) is 18.5 Å². The quantitative estimate of drug-likeness (QED) is 0.721. The zero-order valence-electron chi connectivity index (χ0n) is 7.60. The Morgan fingerprint density at radius 2 is 2.23 bits per heavy atom. The summed E-state index contributed by atoms with van der Waals surface area (Å²) in [4.78, 5) is 0. The molecule has 0 saturated carbocycles. The summed E-state index contributed by atoms with van der Waals surface area (Å²) in [6, 6.07) is 7.55. The minimum absolute atomic E-state index is 0.125. The summed E-state index contributed by atoms with van der Waals surface area (Å²) in [6.45, 7) is 1.82. The van der Waals surface area contributed by atoms with Gasteiger partial charge in [-0.1, -0.05) is 12.1 Å². The molecule has 1 atom stereocenters. The van der Waals surface area contributed by atoms with Gasteiger partial charge in [-0.25, -0.2) is 0 Å². The third-order valence-electron chi connectivity index (χ3n) is 1.64. The van der Waals surface area contributed by atoms with Crippen LogP contribution in [-0.4, -0.2) is 29.5 Å². The Bertz CT molecular complexity index is 260. The third kappa shape index (κ3) is 3.44. The van der Waals surface area contributed by atoms with Crippen LogP contribution in [0.4, 0.5) is 0 Å². The summed E-state index contributed by atoms with van der Waals surface area (Å²) < 4.78 is 5.23. The first kappa shape index (κ1) is 10.0. The zero-order valence-corrected chi connectivity index (χ0v) is 7.60. The smallest absolute Gasteiger partial charge is 0.119 e. The first-order valence-corrected chi connectivity index (χ1v) is 4.21. The molecule has 1 rings (SSSR count). The molecular weight excluding hydrogens is 168 g/mol. The molecule has 0 spiro atoms. The Kier molecular flexibility index (Phi) is 3.73. The lowest BCUT2D eigenvalue weighted by Crippen LogP contribution is -2.21. The summed E-state index contributed by atoms with van der Waals surface area (Å²) in [5, 5.41) is 17.6. The van der Waals surface area contributed by atoms with Crippen molar-refractivity contribution >= 4 is 0 Å². The summed E-state index contributed by atoms with van der Waals surface area (Å²) in [7, 11) is 0. The van der Waals surface area contributed by atoms with E-state index in [2.05, 4.69) is 0 Å². The molecular formula is C10H14O3. The van der Waals surface area contributed by atoms with Crippen molar-refractivity contribution in [3.8, 4) is 5.75 Å². The largest absolute Gasteiger partial charge is 0.491 e. The molecule has 0 bridgehead atoms. The molecule has 0 radical (unpaired) electrons. The van der Waals surface area contributed by atoms with Crippen molar-refractivity contribution in [2.45, 2.75) is 13.0 Å². The van der Waals surface area contributed by atoms with Gasteiger partial charge in [0.2, 0.25) is 0 Å². The average Bonchev–Trinajstić information content (AvgIpc) is 2.14. The lowest BCUT2D eigenvalue weighted by molar-refractivity contribution is 0.0536. The highest BCUT2D eigenvalue weighted by atomic mass is 16.5. The number of hydrogen-bond donors (Lipinski definition) is 2. The van der Waals surface area contributed by atoms with Crippen LogP contribution in [0.3, 0.4) is 0 Å². The third-order valence-corrected chi connectivity index (χ3v) is 1.64. The SMILES string of the molecule is Cc1cccc(OCC(O)CO)c1. The summed E-state index contributed by atoms with van der Waals surface area (Å²) in [6.07, 6.45) is -0.805. The zero-order chi connectivity index (χ0) is 9.68. The van der Waals surface area contributed by atoms with Crippen molar-refractivity contribution in [3.05, 3.63) is 29.8 Å². The molecule has 0 aromatic heterocycles. The molecule has 72 valence electrons. The van der Waals surface area contributed by atoms with Crippen LogP contribution in [0.1, 0.15) is 5.56 Å². The van der Waals surface area contributed by atoms with E-state index in [4.69, 9.17) is 14.9 Å². The molecule has 0 amide bonds.